The van der Waals surface area contributed by atoms with Crippen molar-refractivity contribution in [2.24, 2.45) is 0 Å². The van der Waals surface area contributed by atoms with Crippen LogP contribution in [0.25, 0.3) is 0 Å². The molecule has 1 rings (SSSR count). The molecule has 10 heavy (non-hydrogen) atoms. The summed E-state index contributed by atoms with van der Waals surface area (Å²) in [6.45, 7) is 1.68. The molecular formula is C6H8IN3. The van der Waals surface area contributed by atoms with Crippen molar-refractivity contribution in [3.05, 3.63) is 11.3 Å². The lowest BCUT2D eigenvalue weighted by Crippen LogP contribution is -2.27. The molecule has 0 atom stereocenters. The van der Waals surface area contributed by atoms with Crippen LogP contribution in [0, 0.1) is 11.3 Å². The molecule has 0 spiro atoms. The normalized spacial score (nSPS) is 18.4. The summed E-state index contributed by atoms with van der Waals surface area (Å²) in [5, 5.41) is 11.7. The molecule has 0 aromatic heterocycles. The third kappa shape index (κ3) is 1.61. The maximum absolute atomic E-state index is 8.60. The van der Waals surface area contributed by atoms with E-state index < -0.39 is 0 Å². The van der Waals surface area contributed by atoms with Gasteiger partial charge in [0.2, 0.25) is 0 Å². The first kappa shape index (κ1) is 7.82. The molecule has 1 aliphatic heterocycles. The molecule has 0 fully saturated rings. The van der Waals surface area contributed by atoms with Crippen LogP contribution < -0.4 is 8.85 Å². The predicted octanol–water partition coefficient (Wildman–Crippen LogP) is 0.697. The van der Waals surface area contributed by atoms with Crippen molar-refractivity contribution in [3.8, 4) is 6.07 Å². The van der Waals surface area contributed by atoms with Gasteiger partial charge in [-0.25, -0.2) is 0 Å². The second-order valence-corrected chi connectivity index (χ2v) is 2.63. The molecule has 0 saturated heterocycles. The van der Waals surface area contributed by atoms with Crippen LogP contribution in [0.2, 0.25) is 0 Å². The van der Waals surface area contributed by atoms with E-state index >= 15 is 0 Å². The molecule has 0 radical (unpaired) electrons. The van der Waals surface area contributed by atoms with Gasteiger partial charge in [0, 0.05) is 25.2 Å². The molecule has 54 valence electrons. The molecule has 0 amide bonds. The van der Waals surface area contributed by atoms with Crippen molar-refractivity contribution >= 4 is 22.9 Å². The highest BCUT2D eigenvalue weighted by Gasteiger charge is 2.09. The SMILES string of the molecule is N#CC1=C(NI)CCNC1. The van der Waals surface area contributed by atoms with Gasteiger partial charge in [0.15, 0.2) is 0 Å². The lowest BCUT2D eigenvalue weighted by atomic mass is 10.1. The topological polar surface area (TPSA) is 47.9 Å². The molecule has 2 N–H and O–H groups in total. The summed E-state index contributed by atoms with van der Waals surface area (Å²) < 4.78 is 2.99. The van der Waals surface area contributed by atoms with Crippen LogP contribution in [0.15, 0.2) is 11.3 Å². The number of hydrogen-bond acceptors (Lipinski definition) is 3. The van der Waals surface area contributed by atoms with Crippen LogP contribution in [-0.2, 0) is 0 Å². The fraction of sp³-hybridized carbons (Fsp3) is 0.500. The average Bonchev–Trinajstić information content (AvgIpc) is 2.04. The number of hydrogen-bond donors (Lipinski definition) is 2. The molecule has 0 aromatic carbocycles. The van der Waals surface area contributed by atoms with E-state index in [4.69, 9.17) is 5.26 Å². The summed E-state index contributed by atoms with van der Waals surface area (Å²) in [5.74, 6) is 0. The smallest absolute Gasteiger partial charge is 0.0979 e. The number of nitriles is 1. The van der Waals surface area contributed by atoms with Crippen LogP contribution in [0.1, 0.15) is 6.42 Å². The molecular weight excluding hydrogens is 241 g/mol. The first-order valence-corrected chi connectivity index (χ1v) is 4.16. The van der Waals surface area contributed by atoms with E-state index in [0.717, 1.165) is 24.2 Å². The maximum atomic E-state index is 8.60. The highest BCUT2D eigenvalue weighted by Crippen LogP contribution is 2.09. The third-order valence-electron chi connectivity index (χ3n) is 1.47. The second kappa shape index (κ2) is 3.78. The summed E-state index contributed by atoms with van der Waals surface area (Å²) >= 11 is 2.06. The highest BCUT2D eigenvalue weighted by molar-refractivity contribution is 14.1. The third-order valence-corrected chi connectivity index (χ3v) is 2.12. The van der Waals surface area contributed by atoms with Crippen molar-refractivity contribution in [3.63, 3.8) is 0 Å². The Morgan fingerprint density at radius 3 is 3.00 bits per heavy atom. The van der Waals surface area contributed by atoms with Crippen LogP contribution in [0.3, 0.4) is 0 Å². The van der Waals surface area contributed by atoms with Crippen LogP contribution in [-0.4, -0.2) is 13.1 Å². The summed E-state index contributed by atoms with van der Waals surface area (Å²) in [7, 11) is 0. The van der Waals surface area contributed by atoms with E-state index in [2.05, 4.69) is 37.8 Å². The predicted molar refractivity (Wildman–Crippen MR) is 47.3 cm³/mol. The Morgan fingerprint density at radius 2 is 2.50 bits per heavy atom. The van der Waals surface area contributed by atoms with Gasteiger partial charge < -0.3 is 8.85 Å². The van der Waals surface area contributed by atoms with Crippen LogP contribution in [0.5, 0.6) is 0 Å². The van der Waals surface area contributed by atoms with Gasteiger partial charge in [0.25, 0.3) is 0 Å². The van der Waals surface area contributed by atoms with Gasteiger partial charge in [-0.15, -0.1) is 0 Å². The Kier molecular flexibility index (Phi) is 2.96. The van der Waals surface area contributed by atoms with Gasteiger partial charge in [-0.1, -0.05) is 0 Å². The summed E-state index contributed by atoms with van der Waals surface area (Å²) in [6, 6.07) is 2.15. The maximum Gasteiger partial charge on any atom is 0.0979 e. The molecule has 3 nitrogen and oxygen atoms in total. The average molecular weight is 249 g/mol. The Hall–Kier alpha value is -0.280. The van der Waals surface area contributed by atoms with Gasteiger partial charge in [0.05, 0.1) is 34.5 Å². The van der Waals surface area contributed by atoms with Crippen molar-refractivity contribution in [2.45, 2.75) is 6.42 Å². The van der Waals surface area contributed by atoms with Gasteiger partial charge in [-0.3, -0.25) is 0 Å². The summed E-state index contributed by atoms with van der Waals surface area (Å²) in [5.41, 5.74) is 1.91. The van der Waals surface area contributed by atoms with Crippen LogP contribution >= 0.6 is 22.9 Å². The lowest BCUT2D eigenvalue weighted by Gasteiger charge is -2.15. The number of rotatable bonds is 1. The van der Waals surface area contributed by atoms with Crippen molar-refractivity contribution in [2.75, 3.05) is 13.1 Å². The first-order chi connectivity index (χ1) is 4.88. The minimum Gasteiger partial charge on any atom is -0.331 e. The van der Waals surface area contributed by atoms with Crippen molar-refractivity contribution < 1.29 is 0 Å². The second-order valence-electron chi connectivity index (χ2n) is 2.09. The number of nitrogens with zero attached hydrogens (tertiary/aromatic N) is 1. The molecule has 0 unspecified atom stereocenters. The zero-order chi connectivity index (χ0) is 7.40. The van der Waals surface area contributed by atoms with E-state index in [1.165, 1.54) is 0 Å². The molecule has 0 aromatic rings. The summed E-state index contributed by atoms with van der Waals surface area (Å²) in [6.07, 6.45) is 0.936. The minimum absolute atomic E-state index is 0.710. The largest absolute Gasteiger partial charge is 0.331 e. The van der Waals surface area contributed by atoms with Crippen LogP contribution in [0.4, 0.5) is 0 Å². The Morgan fingerprint density at radius 1 is 1.70 bits per heavy atom. The molecule has 1 heterocycles. The zero-order valence-electron chi connectivity index (χ0n) is 5.45. The van der Waals surface area contributed by atoms with Crippen molar-refractivity contribution in [1.29, 1.82) is 5.26 Å². The van der Waals surface area contributed by atoms with E-state index in [1.54, 1.807) is 0 Å². The number of nitrogens with one attached hydrogen (secondary N) is 2. The quantitative estimate of drug-likeness (QED) is 0.531. The van der Waals surface area contributed by atoms with E-state index in [0.29, 0.717) is 6.54 Å². The monoisotopic (exact) mass is 249 g/mol. The Balaban J connectivity index is 2.75. The van der Waals surface area contributed by atoms with Gasteiger partial charge in [0.1, 0.15) is 0 Å². The molecule has 0 aliphatic carbocycles. The van der Waals surface area contributed by atoms with Gasteiger partial charge >= 0.3 is 0 Å². The molecule has 4 heteroatoms. The Labute approximate surface area is 74.0 Å². The van der Waals surface area contributed by atoms with E-state index in [9.17, 15) is 0 Å². The number of halogens is 1. The highest BCUT2D eigenvalue weighted by atomic mass is 127. The molecule has 0 bridgehead atoms. The Bertz CT molecular complexity index is 192. The standard InChI is InChI=1S/C6H8IN3/c7-10-6-1-2-9-4-5(6)3-8/h9-10H,1-2,4H2. The fourth-order valence-electron chi connectivity index (χ4n) is 0.896. The first-order valence-electron chi connectivity index (χ1n) is 3.08. The zero-order valence-corrected chi connectivity index (χ0v) is 7.60. The summed E-state index contributed by atoms with van der Waals surface area (Å²) in [4.78, 5) is 0. The van der Waals surface area contributed by atoms with E-state index in [1.807, 2.05) is 0 Å². The molecule has 0 saturated carbocycles. The molecule has 1 aliphatic rings. The van der Waals surface area contributed by atoms with Crippen molar-refractivity contribution in [1.82, 2.24) is 8.85 Å². The fourth-order valence-corrected chi connectivity index (χ4v) is 1.49. The lowest BCUT2D eigenvalue weighted by molar-refractivity contribution is 0.678. The van der Waals surface area contributed by atoms with E-state index in [-0.39, 0.29) is 0 Å². The van der Waals surface area contributed by atoms with Gasteiger partial charge in [-0.2, -0.15) is 5.26 Å². The minimum atomic E-state index is 0.710. The van der Waals surface area contributed by atoms with Gasteiger partial charge in [-0.05, 0) is 0 Å².